The van der Waals surface area contributed by atoms with Crippen LogP contribution in [0.2, 0.25) is 0 Å². The molecule has 1 N–H and O–H groups in total. The molecule has 0 aromatic heterocycles. The van der Waals surface area contributed by atoms with Crippen molar-refractivity contribution in [3.8, 4) is 0 Å². The first-order valence-corrected chi connectivity index (χ1v) is 10.8. The molecule has 3 aliphatic rings. The quantitative estimate of drug-likeness (QED) is 0.822. The monoisotopic (exact) mass is 399 g/mol. The summed E-state index contributed by atoms with van der Waals surface area (Å²) in [4.78, 5) is 14.8. The van der Waals surface area contributed by atoms with Gasteiger partial charge in [-0.2, -0.15) is 0 Å². The highest BCUT2D eigenvalue weighted by molar-refractivity contribution is 7.93. The second kappa shape index (κ2) is 7.74. The van der Waals surface area contributed by atoms with E-state index < -0.39 is 10.0 Å². The molecule has 0 radical (unpaired) electrons. The number of nitrogens with one attached hydrogen (secondary N) is 1. The lowest BCUT2D eigenvalue weighted by atomic mass is 9.92. The number of carbonyl (C=O) groups is 1. The lowest BCUT2D eigenvalue weighted by Gasteiger charge is -2.22. The molecular formula is C18H26ClN3O3S. The second-order valence-corrected chi connectivity index (χ2v) is 9.35. The van der Waals surface area contributed by atoms with E-state index in [9.17, 15) is 13.2 Å². The number of hydrogen-bond acceptors (Lipinski definition) is 4. The summed E-state index contributed by atoms with van der Waals surface area (Å²) in [5, 5.41) is 3.45. The van der Waals surface area contributed by atoms with Gasteiger partial charge in [0.1, 0.15) is 0 Å². The van der Waals surface area contributed by atoms with Crippen LogP contribution in [0.1, 0.15) is 29.6 Å². The van der Waals surface area contributed by atoms with Gasteiger partial charge < -0.3 is 10.2 Å². The maximum absolute atomic E-state index is 12.8. The maximum atomic E-state index is 12.8. The summed E-state index contributed by atoms with van der Waals surface area (Å²) < 4.78 is 25.5. The van der Waals surface area contributed by atoms with Crippen molar-refractivity contribution >= 4 is 34.0 Å². The van der Waals surface area contributed by atoms with Crippen LogP contribution in [0.4, 0.5) is 5.69 Å². The van der Waals surface area contributed by atoms with E-state index in [0.29, 0.717) is 36.1 Å². The SMILES string of the molecule is Cl.O=C(c1ccc(N2CCCS2(=O)=O)cc1)N1CC[C@@H]2CNC[C@@H]2CC1. The highest BCUT2D eigenvalue weighted by Gasteiger charge is 2.32. The third-order valence-corrected chi connectivity index (χ3v) is 7.68. The number of fused-ring (bicyclic) bond motifs is 1. The fraction of sp³-hybridized carbons (Fsp3) is 0.611. The Morgan fingerprint density at radius 2 is 1.62 bits per heavy atom. The number of anilines is 1. The third-order valence-electron chi connectivity index (χ3n) is 5.81. The van der Waals surface area contributed by atoms with Crippen LogP contribution in [0.15, 0.2) is 24.3 Å². The Bertz CT molecular complexity index is 739. The number of benzene rings is 1. The first-order chi connectivity index (χ1) is 12.0. The van der Waals surface area contributed by atoms with Crippen molar-refractivity contribution in [2.45, 2.75) is 19.3 Å². The fourth-order valence-corrected chi connectivity index (χ4v) is 5.87. The standard InChI is InChI=1S/C18H25N3O3S.ClH/c22-18(20-9-6-15-12-19-13-16(15)7-10-20)14-2-4-17(5-3-14)21-8-1-11-25(21,23)24;/h2-5,15-16,19H,1,6-13H2;1H/t15-,16+;. The number of halogens is 1. The van der Waals surface area contributed by atoms with Gasteiger partial charge >= 0.3 is 0 Å². The summed E-state index contributed by atoms with van der Waals surface area (Å²) in [5.41, 5.74) is 1.30. The van der Waals surface area contributed by atoms with Crippen LogP contribution in [0.3, 0.4) is 0 Å². The molecule has 2 atom stereocenters. The molecule has 0 aliphatic carbocycles. The minimum absolute atomic E-state index is 0. The van der Waals surface area contributed by atoms with Crippen molar-refractivity contribution in [2.24, 2.45) is 11.8 Å². The summed E-state index contributed by atoms with van der Waals surface area (Å²) >= 11 is 0. The summed E-state index contributed by atoms with van der Waals surface area (Å²) in [6.07, 6.45) is 2.79. The molecule has 26 heavy (non-hydrogen) atoms. The van der Waals surface area contributed by atoms with Crippen LogP contribution >= 0.6 is 12.4 Å². The number of rotatable bonds is 2. The molecule has 4 rings (SSSR count). The molecule has 0 unspecified atom stereocenters. The lowest BCUT2D eigenvalue weighted by molar-refractivity contribution is 0.0758. The van der Waals surface area contributed by atoms with Gasteiger partial charge in [-0.3, -0.25) is 9.10 Å². The van der Waals surface area contributed by atoms with Crippen molar-refractivity contribution in [1.82, 2.24) is 10.2 Å². The molecule has 3 heterocycles. The van der Waals surface area contributed by atoms with E-state index in [2.05, 4.69) is 5.32 Å². The van der Waals surface area contributed by atoms with Gasteiger partial charge in [-0.05, 0) is 68.5 Å². The van der Waals surface area contributed by atoms with E-state index in [1.807, 2.05) is 4.90 Å². The number of amides is 1. The van der Waals surface area contributed by atoms with Crippen molar-refractivity contribution in [3.63, 3.8) is 0 Å². The molecule has 0 spiro atoms. The topological polar surface area (TPSA) is 69.7 Å². The summed E-state index contributed by atoms with van der Waals surface area (Å²) in [5.74, 6) is 1.66. The van der Waals surface area contributed by atoms with E-state index in [-0.39, 0.29) is 24.1 Å². The minimum atomic E-state index is -3.18. The first kappa shape index (κ1) is 19.5. The third kappa shape index (κ3) is 3.70. The molecule has 3 aliphatic heterocycles. The Morgan fingerprint density at radius 3 is 2.15 bits per heavy atom. The highest BCUT2D eigenvalue weighted by atomic mass is 35.5. The number of carbonyl (C=O) groups excluding carboxylic acids is 1. The zero-order chi connectivity index (χ0) is 17.4. The van der Waals surface area contributed by atoms with Crippen LogP contribution in [-0.2, 0) is 10.0 Å². The average molecular weight is 400 g/mol. The Hall–Kier alpha value is -1.31. The largest absolute Gasteiger partial charge is 0.339 e. The Labute approximate surface area is 161 Å². The predicted octanol–water partition coefficient (Wildman–Crippen LogP) is 1.72. The van der Waals surface area contributed by atoms with Gasteiger partial charge in [-0.25, -0.2) is 8.42 Å². The Kier molecular flexibility index (Phi) is 5.79. The van der Waals surface area contributed by atoms with E-state index >= 15 is 0 Å². The smallest absolute Gasteiger partial charge is 0.253 e. The van der Waals surface area contributed by atoms with Crippen molar-refractivity contribution in [2.75, 3.05) is 42.8 Å². The zero-order valence-corrected chi connectivity index (χ0v) is 16.4. The van der Waals surface area contributed by atoms with Gasteiger partial charge in [-0.15, -0.1) is 12.4 Å². The van der Waals surface area contributed by atoms with Gasteiger partial charge in [0, 0.05) is 25.2 Å². The van der Waals surface area contributed by atoms with Crippen LogP contribution in [-0.4, -0.2) is 57.7 Å². The molecule has 8 heteroatoms. The van der Waals surface area contributed by atoms with Gasteiger partial charge in [0.05, 0.1) is 11.4 Å². The number of sulfonamides is 1. The van der Waals surface area contributed by atoms with Crippen LogP contribution in [0.5, 0.6) is 0 Å². The molecule has 3 fully saturated rings. The van der Waals surface area contributed by atoms with E-state index in [1.165, 1.54) is 4.31 Å². The molecule has 1 aromatic carbocycles. The maximum Gasteiger partial charge on any atom is 0.253 e. The summed E-state index contributed by atoms with van der Waals surface area (Å²) in [6.45, 7) is 4.30. The predicted molar refractivity (Wildman–Crippen MR) is 104 cm³/mol. The molecule has 1 aromatic rings. The zero-order valence-electron chi connectivity index (χ0n) is 14.8. The molecular weight excluding hydrogens is 374 g/mol. The number of likely N-dealkylation sites (tertiary alicyclic amines) is 1. The average Bonchev–Trinajstić information content (AvgIpc) is 3.15. The van der Waals surface area contributed by atoms with Crippen molar-refractivity contribution < 1.29 is 13.2 Å². The van der Waals surface area contributed by atoms with E-state index in [4.69, 9.17) is 0 Å². The fourth-order valence-electron chi connectivity index (χ4n) is 4.30. The van der Waals surface area contributed by atoms with Crippen LogP contribution in [0, 0.1) is 11.8 Å². The number of hydrogen-bond donors (Lipinski definition) is 1. The lowest BCUT2D eigenvalue weighted by Crippen LogP contribution is -2.32. The van der Waals surface area contributed by atoms with Gasteiger partial charge in [0.25, 0.3) is 5.91 Å². The second-order valence-electron chi connectivity index (χ2n) is 7.34. The van der Waals surface area contributed by atoms with Crippen LogP contribution < -0.4 is 9.62 Å². The Balaban J connectivity index is 0.00000196. The first-order valence-electron chi connectivity index (χ1n) is 9.15. The minimum Gasteiger partial charge on any atom is -0.339 e. The molecule has 1 amide bonds. The number of nitrogens with zero attached hydrogens (tertiary/aromatic N) is 2. The molecule has 6 nitrogen and oxygen atoms in total. The summed E-state index contributed by atoms with van der Waals surface area (Å²) in [6, 6.07) is 7.04. The normalized spacial score (nSPS) is 27.5. The molecule has 144 valence electrons. The van der Waals surface area contributed by atoms with E-state index in [0.717, 1.165) is 39.0 Å². The van der Waals surface area contributed by atoms with Crippen molar-refractivity contribution in [3.05, 3.63) is 29.8 Å². The molecule has 0 saturated carbocycles. The molecule has 0 bridgehead atoms. The summed E-state index contributed by atoms with van der Waals surface area (Å²) in [7, 11) is -3.18. The molecule has 3 saturated heterocycles. The Morgan fingerprint density at radius 1 is 1.00 bits per heavy atom. The van der Waals surface area contributed by atoms with Crippen molar-refractivity contribution in [1.29, 1.82) is 0 Å². The van der Waals surface area contributed by atoms with E-state index in [1.54, 1.807) is 24.3 Å². The van der Waals surface area contributed by atoms with Crippen LogP contribution in [0.25, 0.3) is 0 Å². The van der Waals surface area contributed by atoms with Gasteiger partial charge in [-0.1, -0.05) is 0 Å². The van der Waals surface area contributed by atoms with Gasteiger partial charge in [0.15, 0.2) is 0 Å². The van der Waals surface area contributed by atoms with Gasteiger partial charge in [0.2, 0.25) is 10.0 Å². The highest BCUT2D eigenvalue weighted by Crippen LogP contribution is 2.28.